The van der Waals surface area contributed by atoms with Crippen LogP contribution in [0.15, 0.2) is 30.6 Å². The molecule has 1 N–H and O–H groups in total. The largest absolute Gasteiger partial charge is 0.490 e. The average molecular weight is 294 g/mol. The zero-order valence-corrected chi connectivity index (χ0v) is 11.4. The van der Waals surface area contributed by atoms with Crippen LogP contribution in [0.5, 0.6) is 5.75 Å². The Morgan fingerprint density at radius 1 is 1.35 bits per heavy atom. The van der Waals surface area contributed by atoms with Gasteiger partial charge in [-0.1, -0.05) is 11.6 Å². The van der Waals surface area contributed by atoms with Gasteiger partial charge >= 0.3 is 0 Å². The van der Waals surface area contributed by atoms with Gasteiger partial charge in [0.1, 0.15) is 17.5 Å². The van der Waals surface area contributed by atoms with Gasteiger partial charge in [0.15, 0.2) is 0 Å². The van der Waals surface area contributed by atoms with Crippen LogP contribution in [0.4, 0.5) is 4.39 Å². The lowest BCUT2D eigenvalue weighted by Gasteiger charge is -2.27. The maximum atomic E-state index is 12.8. The van der Waals surface area contributed by atoms with Crippen LogP contribution in [0.25, 0.3) is 11.1 Å². The molecule has 0 amide bonds. The van der Waals surface area contributed by atoms with E-state index in [9.17, 15) is 4.39 Å². The average Bonchev–Trinajstić information content (AvgIpc) is 2.40. The van der Waals surface area contributed by atoms with Crippen LogP contribution in [-0.2, 0) is 0 Å². The van der Waals surface area contributed by atoms with Crippen LogP contribution in [0.3, 0.4) is 0 Å². The fraction of sp³-hybridized carbons (Fsp3) is 0.286. The number of rotatable bonds is 4. The Kier molecular flexibility index (Phi) is 3.80. The van der Waals surface area contributed by atoms with Gasteiger partial charge in [-0.25, -0.2) is 9.97 Å². The van der Waals surface area contributed by atoms with Crippen LogP contribution in [0, 0.1) is 5.95 Å². The highest BCUT2D eigenvalue weighted by Gasteiger charge is 2.17. The zero-order valence-electron chi connectivity index (χ0n) is 10.6. The third-order valence-electron chi connectivity index (χ3n) is 3.23. The quantitative estimate of drug-likeness (QED) is 0.881. The van der Waals surface area contributed by atoms with E-state index in [4.69, 9.17) is 16.3 Å². The fourth-order valence-corrected chi connectivity index (χ4v) is 2.15. The van der Waals surface area contributed by atoms with Crippen molar-refractivity contribution >= 4 is 11.6 Å². The van der Waals surface area contributed by atoms with Crippen molar-refractivity contribution in [2.24, 2.45) is 0 Å². The number of hydrogen-bond acceptors (Lipinski definition) is 4. The van der Waals surface area contributed by atoms with Crippen LogP contribution in [-0.4, -0.2) is 29.2 Å². The highest BCUT2D eigenvalue weighted by molar-refractivity contribution is 6.32. The first-order chi connectivity index (χ1) is 9.72. The summed E-state index contributed by atoms with van der Waals surface area (Å²) in [7, 11) is 0. The minimum atomic E-state index is -0.527. The van der Waals surface area contributed by atoms with Gasteiger partial charge in [-0.15, -0.1) is 0 Å². The van der Waals surface area contributed by atoms with Gasteiger partial charge in [-0.2, -0.15) is 4.39 Å². The van der Waals surface area contributed by atoms with Gasteiger partial charge in [-0.05, 0) is 31.2 Å². The van der Waals surface area contributed by atoms with Crippen molar-refractivity contribution in [1.82, 2.24) is 15.3 Å². The van der Waals surface area contributed by atoms with E-state index in [-0.39, 0.29) is 0 Å². The summed E-state index contributed by atoms with van der Waals surface area (Å²) in [5, 5.41) is 3.60. The van der Waals surface area contributed by atoms with E-state index in [1.807, 2.05) is 0 Å². The monoisotopic (exact) mass is 293 g/mol. The van der Waals surface area contributed by atoms with Crippen LogP contribution < -0.4 is 10.1 Å². The number of nitrogens with one attached hydrogen (secondary N) is 1. The van der Waals surface area contributed by atoms with E-state index in [2.05, 4.69) is 15.3 Å². The van der Waals surface area contributed by atoms with Crippen LogP contribution >= 0.6 is 11.6 Å². The lowest BCUT2D eigenvalue weighted by molar-refractivity contribution is 0.217. The summed E-state index contributed by atoms with van der Waals surface area (Å²) < 4.78 is 18.5. The van der Waals surface area contributed by atoms with E-state index in [1.54, 1.807) is 18.3 Å². The van der Waals surface area contributed by atoms with Crippen molar-refractivity contribution in [3.8, 4) is 16.9 Å². The molecule has 3 rings (SSSR count). The van der Waals surface area contributed by atoms with Crippen LogP contribution in [0.2, 0.25) is 5.15 Å². The Morgan fingerprint density at radius 2 is 2.20 bits per heavy atom. The lowest BCUT2D eigenvalue weighted by atomic mass is 10.1. The number of nitrogens with zero attached hydrogens (tertiary/aromatic N) is 2. The first kappa shape index (κ1) is 13.3. The molecule has 0 saturated carbocycles. The van der Waals surface area contributed by atoms with Gasteiger partial charge in [0.05, 0.1) is 6.20 Å². The highest BCUT2D eigenvalue weighted by atomic mass is 35.5. The van der Waals surface area contributed by atoms with Crippen molar-refractivity contribution in [2.75, 3.05) is 13.2 Å². The molecule has 1 atom stereocenters. The molecular weight excluding hydrogens is 281 g/mol. The smallest absolute Gasteiger partial charge is 0.212 e. The summed E-state index contributed by atoms with van der Waals surface area (Å²) in [6.07, 6.45) is 4.13. The molecule has 0 aliphatic carbocycles. The summed E-state index contributed by atoms with van der Waals surface area (Å²) in [6.45, 7) is 1.64. The Hall–Kier alpha value is -1.72. The predicted octanol–water partition coefficient (Wildman–Crippen LogP) is 2.68. The molecule has 0 radical (unpaired) electrons. The van der Waals surface area contributed by atoms with Crippen molar-refractivity contribution in [1.29, 1.82) is 0 Å². The van der Waals surface area contributed by atoms with E-state index < -0.39 is 5.95 Å². The van der Waals surface area contributed by atoms with Crippen molar-refractivity contribution in [3.05, 3.63) is 41.7 Å². The normalized spacial score (nSPS) is 17.6. The molecule has 2 aromatic heterocycles. The maximum Gasteiger partial charge on any atom is 0.212 e. The topological polar surface area (TPSA) is 47.0 Å². The standard InChI is InChI=1S/C14H13ClFN3O/c15-14-12(9-1-2-13(16)18-6-9)5-11(7-19-14)20-8-10-3-4-17-10/h1-2,5-7,10,17H,3-4,8H2. The minimum Gasteiger partial charge on any atom is -0.490 e. The summed E-state index contributed by atoms with van der Waals surface area (Å²) >= 11 is 6.07. The molecule has 0 spiro atoms. The Labute approximate surface area is 121 Å². The number of hydrogen-bond donors (Lipinski definition) is 1. The molecule has 1 aliphatic heterocycles. The molecule has 1 saturated heterocycles. The molecule has 1 aliphatic rings. The fourth-order valence-electron chi connectivity index (χ4n) is 1.93. The molecule has 3 heterocycles. The maximum absolute atomic E-state index is 12.8. The number of halogens is 2. The number of pyridine rings is 2. The Balaban J connectivity index is 1.80. The summed E-state index contributed by atoms with van der Waals surface area (Å²) in [4.78, 5) is 7.72. The second-order valence-electron chi connectivity index (χ2n) is 4.63. The molecule has 6 heteroatoms. The molecule has 1 fully saturated rings. The Bertz CT molecular complexity index is 602. The second kappa shape index (κ2) is 5.73. The summed E-state index contributed by atoms with van der Waals surface area (Å²) in [5.41, 5.74) is 1.38. The van der Waals surface area contributed by atoms with Crippen molar-refractivity contribution in [3.63, 3.8) is 0 Å². The van der Waals surface area contributed by atoms with Crippen molar-refractivity contribution in [2.45, 2.75) is 12.5 Å². The molecule has 104 valence electrons. The summed E-state index contributed by atoms with van der Waals surface area (Å²) in [6, 6.07) is 5.10. The second-order valence-corrected chi connectivity index (χ2v) is 4.99. The first-order valence-corrected chi connectivity index (χ1v) is 6.74. The zero-order chi connectivity index (χ0) is 13.9. The van der Waals surface area contributed by atoms with Gasteiger partial charge < -0.3 is 10.1 Å². The van der Waals surface area contributed by atoms with Gasteiger partial charge in [-0.3, -0.25) is 0 Å². The minimum absolute atomic E-state index is 0.340. The third-order valence-corrected chi connectivity index (χ3v) is 3.53. The molecule has 0 aromatic carbocycles. The first-order valence-electron chi connectivity index (χ1n) is 6.36. The molecule has 20 heavy (non-hydrogen) atoms. The molecular formula is C14H13ClFN3O. The number of ether oxygens (including phenoxy) is 1. The van der Waals surface area contributed by atoms with E-state index in [1.165, 1.54) is 12.3 Å². The van der Waals surface area contributed by atoms with Crippen LogP contribution in [0.1, 0.15) is 6.42 Å². The van der Waals surface area contributed by atoms with E-state index >= 15 is 0 Å². The molecule has 2 aromatic rings. The summed E-state index contributed by atoms with van der Waals surface area (Å²) in [5.74, 6) is 0.115. The predicted molar refractivity (Wildman–Crippen MR) is 74.3 cm³/mol. The van der Waals surface area contributed by atoms with Crippen molar-refractivity contribution < 1.29 is 9.13 Å². The Morgan fingerprint density at radius 3 is 2.85 bits per heavy atom. The molecule has 0 bridgehead atoms. The van der Waals surface area contributed by atoms with Gasteiger partial charge in [0.2, 0.25) is 5.95 Å². The molecule has 4 nitrogen and oxygen atoms in total. The molecule has 1 unspecified atom stereocenters. The van der Waals surface area contributed by atoms with Gasteiger partial charge in [0, 0.05) is 23.4 Å². The SMILES string of the molecule is Fc1ccc(-c2cc(OCC3CCN3)cnc2Cl)cn1. The number of aromatic nitrogens is 2. The van der Waals surface area contributed by atoms with Gasteiger partial charge in [0.25, 0.3) is 0 Å². The van der Waals surface area contributed by atoms with E-state index in [0.29, 0.717) is 34.7 Å². The lowest BCUT2D eigenvalue weighted by Crippen LogP contribution is -2.46. The third kappa shape index (κ3) is 2.89. The highest BCUT2D eigenvalue weighted by Crippen LogP contribution is 2.29. The van der Waals surface area contributed by atoms with E-state index in [0.717, 1.165) is 13.0 Å².